The second kappa shape index (κ2) is 8.43. The molecule has 0 saturated heterocycles. The van der Waals surface area contributed by atoms with Crippen molar-refractivity contribution >= 4 is 28.8 Å². The Morgan fingerprint density at radius 3 is 2.71 bits per heavy atom. The minimum absolute atomic E-state index is 0.0372. The number of anilines is 1. The number of halogens is 4. The zero-order chi connectivity index (χ0) is 22.1. The Balaban J connectivity index is 1.66. The summed E-state index contributed by atoms with van der Waals surface area (Å²) in [6.07, 6.45) is 1.88. The predicted molar refractivity (Wildman–Crippen MR) is 111 cm³/mol. The van der Waals surface area contributed by atoms with E-state index in [4.69, 9.17) is 11.6 Å². The summed E-state index contributed by atoms with van der Waals surface area (Å²) in [5, 5.41) is 19.7. The Morgan fingerprint density at radius 1 is 1.23 bits per heavy atom. The first-order valence-electron chi connectivity index (χ1n) is 9.30. The maximum atomic E-state index is 14.5. The molecule has 0 saturated carbocycles. The Bertz CT molecular complexity index is 1220. The fraction of sp³-hybridized carbons (Fsp3) is 0.190. The smallest absolute Gasteiger partial charge is 0.182 e. The molecule has 0 atom stereocenters. The number of oxime groups is 1. The summed E-state index contributed by atoms with van der Waals surface area (Å²) in [5.74, 6) is -2.26. The van der Waals surface area contributed by atoms with Gasteiger partial charge in [-0.25, -0.2) is 13.2 Å². The quantitative estimate of drug-likeness (QED) is 0.344. The molecule has 160 valence electrons. The molecule has 0 amide bonds. The highest BCUT2D eigenvalue weighted by Gasteiger charge is 2.28. The normalized spacial score (nSPS) is 14.7. The summed E-state index contributed by atoms with van der Waals surface area (Å²) in [7, 11) is 1.78. The molecule has 6 nitrogen and oxygen atoms in total. The Morgan fingerprint density at radius 2 is 2.03 bits per heavy atom. The first-order chi connectivity index (χ1) is 14.9. The number of nitrogens with zero attached hydrogens (tertiary/aromatic N) is 4. The summed E-state index contributed by atoms with van der Waals surface area (Å²) in [4.78, 5) is 4.44. The van der Waals surface area contributed by atoms with Crippen LogP contribution in [-0.4, -0.2) is 26.5 Å². The number of aliphatic imine (C=N–C) groups is 1. The molecule has 0 bridgehead atoms. The van der Waals surface area contributed by atoms with Crippen LogP contribution in [0.2, 0.25) is 5.02 Å². The fourth-order valence-corrected chi connectivity index (χ4v) is 3.65. The lowest BCUT2D eigenvalue weighted by Gasteiger charge is -2.11. The maximum Gasteiger partial charge on any atom is 0.182 e. The lowest BCUT2D eigenvalue weighted by molar-refractivity contribution is 0.318. The average Bonchev–Trinajstić information content (AvgIpc) is 3.36. The lowest BCUT2D eigenvalue weighted by atomic mass is 9.95. The zero-order valence-corrected chi connectivity index (χ0v) is 17.1. The number of hydrogen-bond donors (Lipinski definition) is 2. The third-order valence-corrected chi connectivity index (χ3v) is 5.37. The first kappa shape index (κ1) is 20.9. The monoisotopic (exact) mass is 447 g/mol. The standard InChI is InChI=1S/C21H17ClF3N5O/c1-30-12(4-5-27-30)10-26-19-9-14-13(8-17(24)20(25)21(14)28-19)18(29-31)7-11-2-3-16(23)15(22)6-11/h2-6,8,31H,7,9-10H2,1H3,(H,26,28)/b29-18+. The number of aromatic nitrogens is 2. The van der Waals surface area contributed by atoms with Crippen molar-refractivity contribution in [1.29, 1.82) is 0 Å². The summed E-state index contributed by atoms with van der Waals surface area (Å²) in [6.45, 7) is 0.307. The van der Waals surface area contributed by atoms with Crippen molar-refractivity contribution in [2.75, 3.05) is 5.32 Å². The van der Waals surface area contributed by atoms with Gasteiger partial charge in [-0.05, 0) is 35.4 Å². The second-order valence-corrected chi connectivity index (χ2v) is 7.46. The molecule has 0 fully saturated rings. The van der Waals surface area contributed by atoms with Crippen molar-refractivity contribution < 1.29 is 18.4 Å². The van der Waals surface area contributed by atoms with E-state index in [9.17, 15) is 18.4 Å². The van der Waals surface area contributed by atoms with Gasteiger partial charge in [0.25, 0.3) is 0 Å². The molecule has 0 radical (unpaired) electrons. The number of amidine groups is 1. The van der Waals surface area contributed by atoms with E-state index in [2.05, 4.69) is 20.6 Å². The van der Waals surface area contributed by atoms with Crippen LogP contribution in [0.25, 0.3) is 0 Å². The van der Waals surface area contributed by atoms with Gasteiger partial charge in [-0.15, -0.1) is 0 Å². The molecule has 3 aromatic rings. The summed E-state index contributed by atoms with van der Waals surface area (Å²) in [6, 6.07) is 6.85. The molecule has 31 heavy (non-hydrogen) atoms. The van der Waals surface area contributed by atoms with E-state index < -0.39 is 17.5 Å². The number of nitrogens with one attached hydrogen (secondary N) is 1. The van der Waals surface area contributed by atoms with Crippen molar-refractivity contribution in [3.05, 3.63) is 81.4 Å². The van der Waals surface area contributed by atoms with Gasteiger partial charge >= 0.3 is 0 Å². The van der Waals surface area contributed by atoms with Gasteiger partial charge in [0.1, 0.15) is 11.7 Å². The number of benzene rings is 2. The summed E-state index contributed by atoms with van der Waals surface area (Å²) in [5.41, 5.74) is 2.10. The van der Waals surface area contributed by atoms with Gasteiger partial charge in [0.2, 0.25) is 0 Å². The minimum Gasteiger partial charge on any atom is -0.411 e. The van der Waals surface area contributed by atoms with Gasteiger partial charge in [0.15, 0.2) is 11.6 Å². The van der Waals surface area contributed by atoms with Gasteiger partial charge in [0.05, 0.1) is 28.7 Å². The highest BCUT2D eigenvalue weighted by atomic mass is 35.5. The van der Waals surface area contributed by atoms with Crippen molar-refractivity contribution in [2.45, 2.75) is 19.4 Å². The lowest BCUT2D eigenvalue weighted by Crippen LogP contribution is -2.10. The topological polar surface area (TPSA) is 74.8 Å². The first-order valence-corrected chi connectivity index (χ1v) is 9.68. The van der Waals surface area contributed by atoms with Crippen LogP contribution < -0.4 is 5.32 Å². The number of aryl methyl sites for hydroxylation is 1. The van der Waals surface area contributed by atoms with Crippen molar-refractivity contribution in [3.63, 3.8) is 0 Å². The third kappa shape index (κ3) is 4.13. The van der Waals surface area contributed by atoms with Crippen LogP contribution in [0.15, 0.2) is 46.7 Å². The number of hydrogen-bond acceptors (Lipinski definition) is 4. The Kier molecular flexibility index (Phi) is 5.69. The van der Waals surface area contributed by atoms with E-state index in [1.54, 1.807) is 17.9 Å². The molecule has 1 aliphatic rings. The molecule has 10 heteroatoms. The molecule has 0 aliphatic carbocycles. The minimum atomic E-state index is -1.09. The van der Waals surface area contributed by atoms with Crippen LogP contribution in [-0.2, 0) is 26.4 Å². The Labute approximate surface area is 180 Å². The molecule has 0 unspecified atom stereocenters. The van der Waals surface area contributed by atoms with Crippen LogP contribution in [0.5, 0.6) is 0 Å². The van der Waals surface area contributed by atoms with Gasteiger partial charge in [-0.2, -0.15) is 5.10 Å². The molecule has 2 heterocycles. The molecular weight excluding hydrogens is 431 g/mol. The van der Waals surface area contributed by atoms with Gasteiger partial charge in [0, 0.05) is 31.6 Å². The van der Waals surface area contributed by atoms with E-state index in [1.165, 1.54) is 18.2 Å². The molecule has 1 aromatic heterocycles. The predicted octanol–water partition coefficient (Wildman–Crippen LogP) is 4.48. The summed E-state index contributed by atoms with van der Waals surface area (Å²) < 4.78 is 43.9. The van der Waals surface area contributed by atoms with Gasteiger partial charge in [-0.3, -0.25) is 9.67 Å². The van der Waals surface area contributed by atoms with Crippen LogP contribution >= 0.6 is 11.6 Å². The molecule has 2 aromatic carbocycles. The van der Waals surface area contributed by atoms with E-state index in [-0.39, 0.29) is 34.8 Å². The van der Waals surface area contributed by atoms with Crippen LogP contribution in [0.3, 0.4) is 0 Å². The van der Waals surface area contributed by atoms with Crippen molar-refractivity contribution in [1.82, 2.24) is 9.78 Å². The SMILES string of the molecule is Cn1nccc1CN=C1Cc2c(/C(Cc3ccc(F)c(Cl)c3)=N/O)cc(F)c(F)c2N1. The largest absolute Gasteiger partial charge is 0.411 e. The van der Waals surface area contributed by atoms with Gasteiger partial charge < -0.3 is 10.5 Å². The number of rotatable bonds is 5. The molecule has 1 aliphatic heterocycles. The maximum absolute atomic E-state index is 14.5. The molecule has 2 N–H and O–H groups in total. The van der Waals surface area contributed by atoms with Crippen LogP contribution in [0, 0.1) is 17.5 Å². The summed E-state index contributed by atoms with van der Waals surface area (Å²) >= 11 is 5.81. The van der Waals surface area contributed by atoms with Gasteiger partial charge in [-0.1, -0.05) is 22.8 Å². The van der Waals surface area contributed by atoms with E-state index >= 15 is 0 Å². The molecule has 4 rings (SSSR count). The molecular formula is C21H17ClF3N5O. The Hall–Kier alpha value is -3.33. The fourth-order valence-electron chi connectivity index (χ4n) is 3.45. The van der Waals surface area contributed by atoms with Crippen molar-refractivity contribution in [3.8, 4) is 0 Å². The molecule has 0 spiro atoms. The zero-order valence-electron chi connectivity index (χ0n) is 16.3. The van der Waals surface area contributed by atoms with Crippen LogP contribution in [0.4, 0.5) is 18.9 Å². The average molecular weight is 448 g/mol. The van der Waals surface area contributed by atoms with E-state index in [0.29, 0.717) is 23.5 Å². The van der Waals surface area contributed by atoms with E-state index in [1.807, 2.05) is 6.07 Å². The van der Waals surface area contributed by atoms with Crippen molar-refractivity contribution in [2.24, 2.45) is 17.2 Å². The second-order valence-electron chi connectivity index (χ2n) is 7.06. The highest BCUT2D eigenvalue weighted by molar-refractivity contribution is 6.30. The number of fused-ring (bicyclic) bond motifs is 1. The third-order valence-electron chi connectivity index (χ3n) is 5.08. The highest BCUT2D eigenvalue weighted by Crippen LogP contribution is 2.33. The van der Waals surface area contributed by atoms with E-state index in [0.717, 1.165) is 11.8 Å². The van der Waals surface area contributed by atoms with Crippen LogP contribution in [0.1, 0.15) is 22.4 Å².